The Balaban J connectivity index is 1.37. The summed E-state index contributed by atoms with van der Waals surface area (Å²) in [6.45, 7) is 4.81. The number of aryl methyl sites for hydroxylation is 1. The normalized spacial score (nSPS) is 15.8. The third kappa shape index (κ3) is 5.54. The highest BCUT2D eigenvalue weighted by molar-refractivity contribution is 5.79. The van der Waals surface area contributed by atoms with E-state index in [1.807, 2.05) is 30.3 Å². The summed E-state index contributed by atoms with van der Waals surface area (Å²) in [6.07, 6.45) is 3.51. The standard InChI is InChI=1S/C27H31N3O2/c1-20-6-10-22(11-7-20)26(25-5-3-4-16-28-25)29-27(31)23-14-17-30(18-15-23)19-21-8-12-24(32-2)13-9-21/h3-13,16,23,26H,14-15,17-19H2,1-2H3,(H,29,31). The van der Waals surface area contributed by atoms with Crippen molar-refractivity contribution in [3.8, 4) is 5.75 Å². The Bertz CT molecular complexity index is 995. The van der Waals surface area contributed by atoms with E-state index in [1.54, 1.807) is 13.3 Å². The van der Waals surface area contributed by atoms with Crippen molar-refractivity contribution in [2.24, 2.45) is 5.92 Å². The van der Waals surface area contributed by atoms with Crippen LogP contribution in [0.4, 0.5) is 0 Å². The van der Waals surface area contributed by atoms with Crippen LogP contribution >= 0.6 is 0 Å². The largest absolute Gasteiger partial charge is 0.497 e. The lowest BCUT2D eigenvalue weighted by molar-refractivity contribution is -0.127. The molecule has 0 aliphatic carbocycles. The Labute approximate surface area is 190 Å². The van der Waals surface area contributed by atoms with E-state index in [0.29, 0.717) is 0 Å². The first kappa shape index (κ1) is 22.0. The molecule has 2 heterocycles. The highest BCUT2D eigenvalue weighted by atomic mass is 16.5. The number of benzene rings is 2. The summed E-state index contributed by atoms with van der Waals surface area (Å²) in [6, 6.07) is 22.1. The van der Waals surface area contributed by atoms with E-state index >= 15 is 0 Å². The van der Waals surface area contributed by atoms with Crippen molar-refractivity contribution < 1.29 is 9.53 Å². The molecule has 4 rings (SSSR count). The number of nitrogens with one attached hydrogen (secondary N) is 1. The molecule has 0 saturated carbocycles. The quantitative estimate of drug-likeness (QED) is 0.600. The van der Waals surface area contributed by atoms with Gasteiger partial charge in [0.2, 0.25) is 5.91 Å². The summed E-state index contributed by atoms with van der Waals surface area (Å²) in [7, 11) is 1.68. The second kappa shape index (κ2) is 10.4. The fourth-order valence-corrected chi connectivity index (χ4v) is 4.24. The van der Waals surface area contributed by atoms with Gasteiger partial charge in [0.05, 0.1) is 18.8 Å². The second-order valence-electron chi connectivity index (χ2n) is 8.51. The van der Waals surface area contributed by atoms with Gasteiger partial charge in [-0.25, -0.2) is 0 Å². The lowest BCUT2D eigenvalue weighted by Gasteiger charge is -2.32. The molecule has 0 radical (unpaired) electrons. The van der Waals surface area contributed by atoms with Gasteiger partial charge in [-0.1, -0.05) is 48.0 Å². The molecule has 1 saturated heterocycles. The predicted octanol–water partition coefficient (Wildman–Crippen LogP) is 4.52. The molecule has 1 aliphatic heterocycles. The number of carbonyl (C=O) groups is 1. The summed E-state index contributed by atoms with van der Waals surface area (Å²) in [5.74, 6) is 1.02. The van der Waals surface area contributed by atoms with Crippen molar-refractivity contribution in [1.82, 2.24) is 15.2 Å². The van der Waals surface area contributed by atoms with Gasteiger partial charge in [-0.3, -0.25) is 14.7 Å². The summed E-state index contributed by atoms with van der Waals surface area (Å²) >= 11 is 0. The van der Waals surface area contributed by atoms with Gasteiger partial charge in [0.1, 0.15) is 5.75 Å². The highest BCUT2D eigenvalue weighted by Gasteiger charge is 2.27. The molecule has 1 unspecified atom stereocenters. The van der Waals surface area contributed by atoms with Gasteiger partial charge < -0.3 is 10.1 Å². The number of amides is 1. The van der Waals surface area contributed by atoms with Crippen molar-refractivity contribution in [1.29, 1.82) is 0 Å². The van der Waals surface area contributed by atoms with Crippen LogP contribution in [0.25, 0.3) is 0 Å². The average molecular weight is 430 g/mol. The molecule has 32 heavy (non-hydrogen) atoms. The van der Waals surface area contributed by atoms with Crippen LogP contribution in [0, 0.1) is 12.8 Å². The SMILES string of the molecule is COc1ccc(CN2CCC(C(=O)NC(c3ccc(C)cc3)c3ccccn3)CC2)cc1. The molecule has 1 amide bonds. The zero-order valence-corrected chi connectivity index (χ0v) is 18.8. The monoisotopic (exact) mass is 429 g/mol. The number of ether oxygens (including phenoxy) is 1. The number of hydrogen-bond acceptors (Lipinski definition) is 4. The van der Waals surface area contributed by atoms with Gasteiger partial charge in [-0.15, -0.1) is 0 Å². The van der Waals surface area contributed by atoms with Crippen LogP contribution in [0.15, 0.2) is 72.9 Å². The minimum Gasteiger partial charge on any atom is -0.497 e. The van der Waals surface area contributed by atoms with Crippen LogP contribution in [-0.4, -0.2) is 36.0 Å². The maximum atomic E-state index is 13.2. The van der Waals surface area contributed by atoms with E-state index in [1.165, 1.54) is 11.1 Å². The Morgan fingerprint density at radius 1 is 1.06 bits per heavy atom. The smallest absolute Gasteiger partial charge is 0.224 e. The van der Waals surface area contributed by atoms with E-state index in [0.717, 1.165) is 49.5 Å². The topological polar surface area (TPSA) is 54.5 Å². The maximum absolute atomic E-state index is 13.2. The zero-order valence-electron chi connectivity index (χ0n) is 18.8. The van der Waals surface area contributed by atoms with Crippen LogP contribution in [0.3, 0.4) is 0 Å². The van der Waals surface area contributed by atoms with Gasteiger partial charge in [0.25, 0.3) is 0 Å². The maximum Gasteiger partial charge on any atom is 0.224 e. The summed E-state index contributed by atoms with van der Waals surface area (Å²) in [4.78, 5) is 20.1. The zero-order chi connectivity index (χ0) is 22.3. The molecule has 0 bridgehead atoms. The molecule has 5 nitrogen and oxygen atoms in total. The van der Waals surface area contributed by atoms with Crippen LogP contribution in [0.2, 0.25) is 0 Å². The van der Waals surface area contributed by atoms with Crippen molar-refractivity contribution >= 4 is 5.91 Å². The molecule has 1 fully saturated rings. The number of aromatic nitrogens is 1. The number of likely N-dealkylation sites (tertiary alicyclic amines) is 1. The average Bonchev–Trinajstić information content (AvgIpc) is 2.84. The van der Waals surface area contributed by atoms with E-state index in [-0.39, 0.29) is 17.9 Å². The summed E-state index contributed by atoms with van der Waals surface area (Å²) < 4.78 is 5.24. The molecule has 1 atom stereocenters. The fourth-order valence-electron chi connectivity index (χ4n) is 4.24. The molecule has 1 aromatic heterocycles. The van der Waals surface area contributed by atoms with Crippen molar-refractivity contribution in [3.05, 3.63) is 95.3 Å². The van der Waals surface area contributed by atoms with Crippen LogP contribution in [-0.2, 0) is 11.3 Å². The summed E-state index contributed by atoms with van der Waals surface area (Å²) in [5.41, 5.74) is 4.38. The molecule has 2 aromatic carbocycles. The Morgan fingerprint density at radius 2 is 1.78 bits per heavy atom. The van der Waals surface area contributed by atoms with Crippen LogP contribution in [0.1, 0.15) is 41.3 Å². The van der Waals surface area contributed by atoms with E-state index in [9.17, 15) is 4.79 Å². The molecule has 3 aromatic rings. The minimum atomic E-state index is -0.235. The number of pyridine rings is 1. The molecular formula is C27H31N3O2. The van der Waals surface area contributed by atoms with Crippen molar-refractivity contribution in [3.63, 3.8) is 0 Å². The third-order valence-electron chi connectivity index (χ3n) is 6.20. The predicted molar refractivity (Wildman–Crippen MR) is 126 cm³/mol. The van der Waals surface area contributed by atoms with E-state index in [4.69, 9.17) is 4.74 Å². The van der Waals surface area contributed by atoms with E-state index < -0.39 is 0 Å². The molecule has 1 aliphatic rings. The molecular weight excluding hydrogens is 398 g/mol. The first-order chi connectivity index (χ1) is 15.6. The lowest BCUT2D eigenvalue weighted by atomic mass is 9.94. The van der Waals surface area contributed by atoms with Gasteiger partial charge in [-0.2, -0.15) is 0 Å². The van der Waals surface area contributed by atoms with Crippen LogP contribution < -0.4 is 10.1 Å². The van der Waals surface area contributed by atoms with Crippen LogP contribution in [0.5, 0.6) is 5.75 Å². The summed E-state index contributed by atoms with van der Waals surface area (Å²) in [5, 5.41) is 3.28. The molecule has 0 spiro atoms. The number of hydrogen-bond donors (Lipinski definition) is 1. The minimum absolute atomic E-state index is 0.0266. The van der Waals surface area contributed by atoms with Gasteiger partial charge >= 0.3 is 0 Å². The van der Waals surface area contributed by atoms with E-state index in [2.05, 4.69) is 58.5 Å². The Hall–Kier alpha value is -3.18. The van der Waals surface area contributed by atoms with Gasteiger partial charge in [0, 0.05) is 18.7 Å². The number of nitrogens with zero attached hydrogens (tertiary/aromatic N) is 2. The highest BCUT2D eigenvalue weighted by Crippen LogP contribution is 2.25. The number of rotatable bonds is 7. The number of piperidine rings is 1. The second-order valence-corrected chi connectivity index (χ2v) is 8.51. The van der Waals surface area contributed by atoms with Crippen molar-refractivity contribution in [2.45, 2.75) is 32.4 Å². The third-order valence-corrected chi connectivity index (χ3v) is 6.20. The molecule has 166 valence electrons. The molecule has 5 heteroatoms. The lowest BCUT2D eigenvalue weighted by Crippen LogP contribution is -2.41. The van der Waals surface area contributed by atoms with Gasteiger partial charge in [0.15, 0.2) is 0 Å². The van der Waals surface area contributed by atoms with Gasteiger partial charge in [-0.05, 0) is 68.2 Å². The Kier molecular flexibility index (Phi) is 7.17. The fraction of sp³-hybridized carbons (Fsp3) is 0.333. The Morgan fingerprint density at radius 3 is 2.41 bits per heavy atom. The first-order valence-corrected chi connectivity index (χ1v) is 11.3. The molecule has 1 N–H and O–H groups in total. The number of methoxy groups -OCH3 is 1. The first-order valence-electron chi connectivity index (χ1n) is 11.3. The number of carbonyl (C=O) groups excluding carboxylic acids is 1. The van der Waals surface area contributed by atoms with Crippen molar-refractivity contribution in [2.75, 3.05) is 20.2 Å².